The molecule has 0 spiro atoms. The summed E-state index contributed by atoms with van der Waals surface area (Å²) in [6, 6.07) is 10.0. The molecule has 0 radical (unpaired) electrons. The van der Waals surface area contributed by atoms with Crippen molar-refractivity contribution < 1.29 is 4.74 Å². The standard InChI is InChI=1S/C15H17ClN2O/c1-4-13-17-14(16)10(2)15(18-13)19-11(3)12-8-6-5-7-9-12/h5-9,11H,4H2,1-3H3. The molecule has 0 fully saturated rings. The van der Waals surface area contributed by atoms with E-state index in [0.29, 0.717) is 16.9 Å². The Bertz CT molecular complexity index is 558. The van der Waals surface area contributed by atoms with Crippen molar-refractivity contribution in [2.75, 3.05) is 0 Å². The van der Waals surface area contributed by atoms with Gasteiger partial charge in [0, 0.05) is 12.0 Å². The van der Waals surface area contributed by atoms with Gasteiger partial charge in [-0.3, -0.25) is 0 Å². The molecule has 0 aliphatic heterocycles. The van der Waals surface area contributed by atoms with Gasteiger partial charge in [0.2, 0.25) is 5.88 Å². The lowest BCUT2D eigenvalue weighted by molar-refractivity contribution is 0.214. The average Bonchev–Trinajstić information content (AvgIpc) is 2.44. The van der Waals surface area contributed by atoms with Crippen LogP contribution in [-0.2, 0) is 6.42 Å². The second-order valence-electron chi connectivity index (χ2n) is 4.39. The highest BCUT2D eigenvalue weighted by Gasteiger charge is 2.14. The van der Waals surface area contributed by atoms with Crippen LogP contribution >= 0.6 is 11.6 Å². The average molecular weight is 277 g/mol. The summed E-state index contributed by atoms with van der Waals surface area (Å²) in [5.41, 5.74) is 1.89. The first-order valence-electron chi connectivity index (χ1n) is 6.36. The van der Waals surface area contributed by atoms with Crippen molar-refractivity contribution in [3.8, 4) is 5.88 Å². The van der Waals surface area contributed by atoms with Gasteiger partial charge in [-0.1, -0.05) is 48.9 Å². The van der Waals surface area contributed by atoms with Crippen LogP contribution in [0.3, 0.4) is 0 Å². The van der Waals surface area contributed by atoms with E-state index < -0.39 is 0 Å². The van der Waals surface area contributed by atoms with Gasteiger partial charge in [-0.05, 0) is 19.4 Å². The molecule has 1 atom stereocenters. The Morgan fingerprint density at radius 2 is 1.89 bits per heavy atom. The van der Waals surface area contributed by atoms with Gasteiger partial charge in [0.15, 0.2) is 0 Å². The Balaban J connectivity index is 2.26. The van der Waals surface area contributed by atoms with Crippen LogP contribution < -0.4 is 4.74 Å². The number of hydrogen-bond donors (Lipinski definition) is 0. The predicted molar refractivity (Wildman–Crippen MR) is 76.6 cm³/mol. The smallest absolute Gasteiger partial charge is 0.221 e. The van der Waals surface area contributed by atoms with Gasteiger partial charge in [0.1, 0.15) is 17.1 Å². The number of rotatable bonds is 4. The van der Waals surface area contributed by atoms with Crippen molar-refractivity contribution in [2.45, 2.75) is 33.3 Å². The van der Waals surface area contributed by atoms with Crippen molar-refractivity contribution in [3.63, 3.8) is 0 Å². The first kappa shape index (κ1) is 13.8. The highest BCUT2D eigenvalue weighted by molar-refractivity contribution is 6.30. The molecule has 0 aliphatic rings. The molecular weight excluding hydrogens is 260 g/mol. The molecule has 0 saturated carbocycles. The SMILES string of the molecule is CCc1nc(Cl)c(C)c(OC(C)c2ccccc2)n1. The summed E-state index contributed by atoms with van der Waals surface area (Å²) in [6.45, 7) is 5.86. The zero-order valence-corrected chi connectivity index (χ0v) is 12.1. The van der Waals surface area contributed by atoms with Gasteiger partial charge >= 0.3 is 0 Å². The minimum Gasteiger partial charge on any atom is -0.469 e. The lowest BCUT2D eigenvalue weighted by Crippen LogP contribution is -2.08. The molecule has 0 aliphatic carbocycles. The summed E-state index contributed by atoms with van der Waals surface area (Å²) in [6.07, 6.45) is 0.659. The molecule has 0 bridgehead atoms. The van der Waals surface area contributed by atoms with Crippen molar-refractivity contribution in [1.29, 1.82) is 0 Å². The molecule has 0 N–H and O–H groups in total. The Labute approximate surface area is 118 Å². The maximum atomic E-state index is 6.10. The zero-order chi connectivity index (χ0) is 13.8. The van der Waals surface area contributed by atoms with E-state index in [0.717, 1.165) is 17.5 Å². The van der Waals surface area contributed by atoms with E-state index in [2.05, 4.69) is 9.97 Å². The van der Waals surface area contributed by atoms with E-state index in [1.165, 1.54) is 0 Å². The Kier molecular flexibility index (Phi) is 4.38. The van der Waals surface area contributed by atoms with Crippen LogP contribution in [0.5, 0.6) is 5.88 Å². The number of nitrogens with zero attached hydrogens (tertiary/aromatic N) is 2. The number of halogens is 1. The van der Waals surface area contributed by atoms with Gasteiger partial charge < -0.3 is 4.74 Å². The third-order valence-electron chi connectivity index (χ3n) is 2.96. The third-order valence-corrected chi connectivity index (χ3v) is 3.33. The lowest BCUT2D eigenvalue weighted by Gasteiger charge is -2.16. The van der Waals surface area contributed by atoms with E-state index in [9.17, 15) is 0 Å². The summed E-state index contributed by atoms with van der Waals surface area (Å²) in [7, 11) is 0. The van der Waals surface area contributed by atoms with Crippen LogP contribution in [-0.4, -0.2) is 9.97 Å². The van der Waals surface area contributed by atoms with Gasteiger partial charge in [0.05, 0.1) is 0 Å². The number of ether oxygens (including phenoxy) is 1. The maximum Gasteiger partial charge on any atom is 0.221 e. The first-order valence-corrected chi connectivity index (χ1v) is 6.74. The van der Waals surface area contributed by atoms with Crippen molar-refractivity contribution in [3.05, 3.63) is 52.4 Å². The minimum absolute atomic E-state index is 0.0735. The van der Waals surface area contributed by atoms with Gasteiger partial charge in [-0.2, -0.15) is 4.98 Å². The fourth-order valence-corrected chi connectivity index (χ4v) is 1.92. The molecule has 100 valence electrons. The van der Waals surface area contributed by atoms with E-state index >= 15 is 0 Å². The zero-order valence-electron chi connectivity index (χ0n) is 11.4. The highest BCUT2D eigenvalue weighted by Crippen LogP contribution is 2.26. The molecular formula is C15H17ClN2O. The molecule has 1 unspecified atom stereocenters. The minimum atomic E-state index is -0.0735. The number of hydrogen-bond acceptors (Lipinski definition) is 3. The second-order valence-corrected chi connectivity index (χ2v) is 4.74. The molecule has 4 heteroatoms. The van der Waals surface area contributed by atoms with E-state index in [1.807, 2.05) is 51.1 Å². The fraction of sp³-hybridized carbons (Fsp3) is 0.333. The molecule has 2 rings (SSSR count). The monoisotopic (exact) mass is 276 g/mol. The van der Waals surface area contributed by atoms with Crippen LogP contribution in [0.25, 0.3) is 0 Å². The van der Waals surface area contributed by atoms with Crippen molar-refractivity contribution in [2.24, 2.45) is 0 Å². The molecule has 0 saturated heterocycles. The van der Waals surface area contributed by atoms with Crippen molar-refractivity contribution >= 4 is 11.6 Å². The maximum absolute atomic E-state index is 6.10. The highest BCUT2D eigenvalue weighted by atomic mass is 35.5. The molecule has 3 nitrogen and oxygen atoms in total. The van der Waals surface area contributed by atoms with Gasteiger partial charge in [-0.15, -0.1) is 0 Å². The summed E-state index contributed by atoms with van der Waals surface area (Å²) >= 11 is 6.10. The summed E-state index contributed by atoms with van der Waals surface area (Å²) in [4.78, 5) is 8.61. The van der Waals surface area contributed by atoms with Crippen molar-refractivity contribution in [1.82, 2.24) is 9.97 Å². The second kappa shape index (κ2) is 6.02. The van der Waals surface area contributed by atoms with E-state index in [-0.39, 0.29) is 6.10 Å². The van der Waals surface area contributed by atoms with Gasteiger partial charge in [-0.25, -0.2) is 4.98 Å². The predicted octanol–water partition coefficient (Wildman–Crippen LogP) is 4.14. The number of aromatic nitrogens is 2. The largest absolute Gasteiger partial charge is 0.469 e. The Hall–Kier alpha value is -1.61. The van der Waals surface area contributed by atoms with Crippen LogP contribution in [0, 0.1) is 6.92 Å². The summed E-state index contributed by atoms with van der Waals surface area (Å²) < 4.78 is 5.92. The van der Waals surface area contributed by atoms with E-state index in [4.69, 9.17) is 16.3 Å². The summed E-state index contributed by atoms with van der Waals surface area (Å²) in [5, 5.41) is 0.460. The molecule has 1 heterocycles. The molecule has 1 aromatic carbocycles. The Morgan fingerprint density at radius 3 is 2.53 bits per heavy atom. The normalized spacial score (nSPS) is 12.2. The Morgan fingerprint density at radius 1 is 1.21 bits per heavy atom. The molecule has 0 amide bonds. The molecule has 1 aromatic heterocycles. The molecule has 2 aromatic rings. The van der Waals surface area contributed by atoms with E-state index in [1.54, 1.807) is 0 Å². The van der Waals surface area contributed by atoms with Crippen LogP contribution in [0.15, 0.2) is 30.3 Å². The first-order chi connectivity index (χ1) is 9.11. The number of benzene rings is 1. The fourth-order valence-electron chi connectivity index (χ4n) is 1.74. The third kappa shape index (κ3) is 3.24. The molecule has 19 heavy (non-hydrogen) atoms. The van der Waals surface area contributed by atoms with Gasteiger partial charge in [0.25, 0.3) is 0 Å². The van der Waals surface area contributed by atoms with Crippen LogP contribution in [0.4, 0.5) is 0 Å². The summed E-state index contributed by atoms with van der Waals surface area (Å²) in [5.74, 6) is 1.26. The quantitative estimate of drug-likeness (QED) is 0.787. The van der Waals surface area contributed by atoms with Crippen LogP contribution in [0.2, 0.25) is 5.15 Å². The number of aryl methyl sites for hydroxylation is 1. The van der Waals surface area contributed by atoms with Crippen LogP contribution in [0.1, 0.15) is 36.9 Å². The topological polar surface area (TPSA) is 35.0 Å². The lowest BCUT2D eigenvalue weighted by atomic mass is 10.1.